The lowest BCUT2D eigenvalue weighted by atomic mass is 9.70. The molecular formula is C18H26N2S. The number of fused-ring (bicyclic) bond motifs is 1. The highest BCUT2D eigenvalue weighted by molar-refractivity contribution is 7.17. The zero-order chi connectivity index (χ0) is 14.9. The molecule has 21 heavy (non-hydrogen) atoms. The van der Waals surface area contributed by atoms with Crippen LogP contribution in [0.3, 0.4) is 0 Å². The topological polar surface area (TPSA) is 38.0 Å². The fourth-order valence-corrected chi connectivity index (χ4v) is 4.59. The van der Waals surface area contributed by atoms with Crippen molar-refractivity contribution in [3.05, 3.63) is 35.2 Å². The summed E-state index contributed by atoms with van der Waals surface area (Å²) in [4.78, 5) is 0. The number of benzene rings is 1. The highest BCUT2D eigenvalue weighted by atomic mass is 32.1. The molecule has 114 valence electrons. The molecule has 1 unspecified atom stereocenters. The first-order valence-electron chi connectivity index (χ1n) is 8.00. The molecule has 1 aliphatic rings. The van der Waals surface area contributed by atoms with E-state index in [2.05, 4.69) is 48.9 Å². The molecule has 0 spiro atoms. The van der Waals surface area contributed by atoms with Crippen molar-refractivity contribution in [3.8, 4) is 0 Å². The normalized spacial score (nSPS) is 20.7. The van der Waals surface area contributed by atoms with E-state index in [9.17, 15) is 0 Å². The van der Waals surface area contributed by atoms with Gasteiger partial charge in [0, 0.05) is 10.7 Å². The van der Waals surface area contributed by atoms with Crippen LogP contribution in [0, 0.1) is 11.3 Å². The maximum Gasteiger partial charge on any atom is 0.0345 e. The molecule has 0 radical (unpaired) electrons. The molecule has 1 heterocycles. The quantitative estimate of drug-likeness (QED) is 0.645. The van der Waals surface area contributed by atoms with Crippen LogP contribution in [0.1, 0.15) is 45.1 Å². The van der Waals surface area contributed by atoms with Gasteiger partial charge in [-0.25, -0.2) is 0 Å². The molecule has 2 aromatic rings. The van der Waals surface area contributed by atoms with Crippen LogP contribution in [0.15, 0.2) is 29.6 Å². The van der Waals surface area contributed by atoms with Gasteiger partial charge in [-0.05, 0) is 65.8 Å². The van der Waals surface area contributed by atoms with Crippen molar-refractivity contribution in [2.75, 3.05) is 0 Å². The number of rotatable bonds is 4. The highest BCUT2D eigenvalue weighted by Crippen LogP contribution is 2.40. The Morgan fingerprint density at radius 3 is 2.71 bits per heavy atom. The molecule has 1 aromatic heterocycles. The van der Waals surface area contributed by atoms with Crippen LogP contribution in [-0.4, -0.2) is 6.04 Å². The van der Waals surface area contributed by atoms with Crippen molar-refractivity contribution < 1.29 is 0 Å². The number of nitrogens with two attached hydrogens (primary N) is 1. The van der Waals surface area contributed by atoms with Crippen molar-refractivity contribution in [1.82, 2.24) is 5.43 Å². The fourth-order valence-electron chi connectivity index (χ4n) is 3.61. The monoisotopic (exact) mass is 302 g/mol. The van der Waals surface area contributed by atoms with E-state index in [4.69, 9.17) is 5.84 Å². The van der Waals surface area contributed by atoms with E-state index in [-0.39, 0.29) is 0 Å². The smallest absolute Gasteiger partial charge is 0.0345 e. The van der Waals surface area contributed by atoms with Crippen LogP contribution in [0.25, 0.3) is 10.1 Å². The number of hydrogen-bond donors (Lipinski definition) is 2. The molecule has 3 N–H and O–H groups in total. The van der Waals surface area contributed by atoms with Gasteiger partial charge in [-0.3, -0.25) is 11.3 Å². The van der Waals surface area contributed by atoms with Crippen molar-refractivity contribution in [2.45, 2.75) is 52.0 Å². The van der Waals surface area contributed by atoms with E-state index in [1.54, 1.807) is 0 Å². The minimum atomic E-state index is 0.402. The van der Waals surface area contributed by atoms with Crippen LogP contribution in [0.4, 0.5) is 0 Å². The lowest BCUT2D eigenvalue weighted by Crippen LogP contribution is -2.44. The second-order valence-electron chi connectivity index (χ2n) is 7.24. The molecule has 0 saturated heterocycles. The number of hydrazine groups is 1. The summed E-state index contributed by atoms with van der Waals surface area (Å²) in [7, 11) is 0. The van der Waals surface area contributed by atoms with Gasteiger partial charge in [0.2, 0.25) is 0 Å². The Hall–Kier alpha value is -0.900. The molecule has 1 aliphatic carbocycles. The second kappa shape index (κ2) is 6.07. The van der Waals surface area contributed by atoms with E-state index >= 15 is 0 Å². The molecule has 0 aliphatic heterocycles. The summed E-state index contributed by atoms with van der Waals surface area (Å²) in [6.45, 7) is 4.78. The van der Waals surface area contributed by atoms with Gasteiger partial charge >= 0.3 is 0 Å². The summed E-state index contributed by atoms with van der Waals surface area (Å²) in [5, 5.41) is 3.71. The summed E-state index contributed by atoms with van der Waals surface area (Å²) < 4.78 is 1.38. The molecule has 1 atom stereocenters. The summed E-state index contributed by atoms with van der Waals surface area (Å²) in [6, 6.07) is 9.09. The summed E-state index contributed by atoms with van der Waals surface area (Å²) in [6.07, 6.45) is 6.28. The van der Waals surface area contributed by atoms with Crippen molar-refractivity contribution >= 4 is 21.4 Å². The predicted molar refractivity (Wildman–Crippen MR) is 92.4 cm³/mol. The first kappa shape index (κ1) is 15.0. The molecule has 3 heteroatoms. The highest BCUT2D eigenvalue weighted by Gasteiger charge is 2.31. The zero-order valence-corrected chi connectivity index (χ0v) is 13.9. The van der Waals surface area contributed by atoms with Gasteiger partial charge in [0.1, 0.15) is 0 Å². The van der Waals surface area contributed by atoms with Gasteiger partial charge in [0.15, 0.2) is 0 Å². The van der Waals surface area contributed by atoms with Gasteiger partial charge in [-0.15, -0.1) is 11.3 Å². The molecule has 1 aromatic carbocycles. The molecule has 0 amide bonds. The summed E-state index contributed by atoms with van der Waals surface area (Å²) >= 11 is 1.84. The van der Waals surface area contributed by atoms with Crippen LogP contribution >= 0.6 is 11.3 Å². The van der Waals surface area contributed by atoms with E-state index in [0.717, 1.165) is 6.42 Å². The third kappa shape index (κ3) is 3.31. The number of nitrogens with one attached hydrogen (secondary N) is 1. The Morgan fingerprint density at radius 2 is 2.00 bits per heavy atom. The average Bonchev–Trinajstić information content (AvgIpc) is 2.88. The third-order valence-electron chi connectivity index (χ3n) is 5.17. The standard InChI is InChI=1S/C18H26N2S/c1-18(2)9-7-13(8-10-18)16(20-19)11-14-12-21-17-6-4-3-5-15(14)17/h3-6,12-13,16,20H,7-11,19H2,1-2H3. The van der Waals surface area contributed by atoms with E-state index < -0.39 is 0 Å². The van der Waals surface area contributed by atoms with Gasteiger partial charge in [-0.2, -0.15) is 0 Å². The Bertz CT molecular complexity index is 592. The Labute approximate surface area is 131 Å². The second-order valence-corrected chi connectivity index (χ2v) is 8.15. The van der Waals surface area contributed by atoms with E-state index in [0.29, 0.717) is 17.4 Å². The molecule has 1 fully saturated rings. The van der Waals surface area contributed by atoms with E-state index in [1.807, 2.05) is 11.3 Å². The zero-order valence-electron chi connectivity index (χ0n) is 13.1. The van der Waals surface area contributed by atoms with E-state index in [1.165, 1.54) is 41.3 Å². The van der Waals surface area contributed by atoms with Gasteiger partial charge in [0.05, 0.1) is 0 Å². The van der Waals surface area contributed by atoms with Crippen LogP contribution in [0.5, 0.6) is 0 Å². The molecule has 1 saturated carbocycles. The van der Waals surface area contributed by atoms with Crippen LogP contribution in [0.2, 0.25) is 0 Å². The van der Waals surface area contributed by atoms with Crippen molar-refractivity contribution in [1.29, 1.82) is 0 Å². The lowest BCUT2D eigenvalue weighted by molar-refractivity contribution is 0.161. The molecule has 3 rings (SSSR count). The average molecular weight is 302 g/mol. The summed E-state index contributed by atoms with van der Waals surface area (Å²) in [5.74, 6) is 6.60. The first-order valence-corrected chi connectivity index (χ1v) is 8.88. The largest absolute Gasteiger partial charge is 0.271 e. The Balaban J connectivity index is 1.73. The predicted octanol–water partition coefficient (Wildman–Crippen LogP) is 4.49. The van der Waals surface area contributed by atoms with Gasteiger partial charge in [-0.1, -0.05) is 32.0 Å². The van der Waals surface area contributed by atoms with Gasteiger partial charge in [0.25, 0.3) is 0 Å². The third-order valence-corrected chi connectivity index (χ3v) is 6.18. The SMILES string of the molecule is CC1(C)CCC(C(Cc2csc3ccccc23)NN)CC1. The first-order chi connectivity index (χ1) is 10.1. The molecule has 0 bridgehead atoms. The lowest BCUT2D eigenvalue weighted by Gasteiger charge is -2.37. The Morgan fingerprint density at radius 1 is 1.29 bits per heavy atom. The number of hydrogen-bond acceptors (Lipinski definition) is 3. The van der Waals surface area contributed by atoms with Crippen LogP contribution in [-0.2, 0) is 6.42 Å². The Kier molecular flexibility index (Phi) is 4.34. The summed E-state index contributed by atoms with van der Waals surface area (Å²) in [5.41, 5.74) is 5.07. The minimum absolute atomic E-state index is 0.402. The fraction of sp³-hybridized carbons (Fsp3) is 0.556. The van der Waals surface area contributed by atoms with Gasteiger partial charge < -0.3 is 0 Å². The maximum atomic E-state index is 5.89. The molecule has 2 nitrogen and oxygen atoms in total. The molecular weight excluding hydrogens is 276 g/mol. The van der Waals surface area contributed by atoms with Crippen molar-refractivity contribution in [2.24, 2.45) is 17.2 Å². The minimum Gasteiger partial charge on any atom is -0.271 e. The maximum absolute atomic E-state index is 5.89. The van der Waals surface area contributed by atoms with Crippen molar-refractivity contribution in [3.63, 3.8) is 0 Å². The number of thiophene rings is 1. The van der Waals surface area contributed by atoms with Crippen LogP contribution < -0.4 is 11.3 Å².